The van der Waals surface area contributed by atoms with Crippen molar-refractivity contribution >= 4 is 23.9 Å². The van der Waals surface area contributed by atoms with Gasteiger partial charge in [0.2, 0.25) is 0 Å². The molecule has 4 nitrogen and oxygen atoms in total. The Morgan fingerprint density at radius 2 is 2.18 bits per heavy atom. The van der Waals surface area contributed by atoms with Gasteiger partial charge in [-0.15, -0.1) is 0 Å². The normalized spacial score (nSPS) is 29.8. The van der Waals surface area contributed by atoms with Crippen LogP contribution in [0.1, 0.15) is 29.6 Å². The van der Waals surface area contributed by atoms with Gasteiger partial charge < -0.3 is 5.32 Å². The summed E-state index contributed by atoms with van der Waals surface area (Å²) in [6.45, 7) is 0. The van der Waals surface area contributed by atoms with Crippen molar-refractivity contribution < 1.29 is 4.79 Å². The van der Waals surface area contributed by atoms with Crippen LogP contribution in [0.2, 0.25) is 0 Å². The Hall–Kier alpha value is -1.10. The lowest BCUT2D eigenvalue weighted by atomic mass is 10.1. The number of carbonyl (C=O) groups is 1. The van der Waals surface area contributed by atoms with Gasteiger partial charge in [-0.25, -0.2) is 9.97 Å². The van der Waals surface area contributed by atoms with Crippen LogP contribution in [-0.2, 0) is 0 Å². The van der Waals surface area contributed by atoms with Gasteiger partial charge in [0.25, 0.3) is 0 Å². The van der Waals surface area contributed by atoms with Gasteiger partial charge in [0, 0.05) is 12.2 Å². The van der Waals surface area contributed by atoms with Crippen molar-refractivity contribution in [2.24, 2.45) is 11.8 Å². The molecule has 0 amide bonds. The van der Waals surface area contributed by atoms with Crippen LogP contribution >= 0.6 is 11.8 Å². The van der Waals surface area contributed by atoms with Crippen molar-refractivity contribution in [2.75, 3.05) is 11.6 Å². The number of hydrogen-bond donors (Lipinski definition) is 1. The number of thioether (sulfide) groups is 1. The van der Waals surface area contributed by atoms with Crippen LogP contribution in [0.3, 0.4) is 0 Å². The Bertz CT molecular complexity index is 441. The van der Waals surface area contributed by atoms with Crippen LogP contribution < -0.4 is 5.32 Å². The van der Waals surface area contributed by atoms with Crippen molar-refractivity contribution in [3.63, 3.8) is 0 Å². The highest BCUT2D eigenvalue weighted by molar-refractivity contribution is 7.98. The van der Waals surface area contributed by atoms with Gasteiger partial charge in [0.1, 0.15) is 5.82 Å². The summed E-state index contributed by atoms with van der Waals surface area (Å²) in [5.41, 5.74) is 0.559. The van der Waals surface area contributed by atoms with Gasteiger partial charge in [-0.1, -0.05) is 11.8 Å². The largest absolute Gasteiger partial charge is 0.367 e. The third-order valence-electron chi connectivity index (χ3n) is 3.69. The summed E-state index contributed by atoms with van der Waals surface area (Å²) >= 11 is 1.49. The van der Waals surface area contributed by atoms with Gasteiger partial charge in [-0.05, 0) is 37.4 Å². The topological polar surface area (TPSA) is 54.9 Å². The zero-order valence-corrected chi connectivity index (χ0v) is 10.5. The minimum Gasteiger partial charge on any atom is -0.367 e. The van der Waals surface area contributed by atoms with E-state index < -0.39 is 0 Å². The van der Waals surface area contributed by atoms with Crippen molar-refractivity contribution in [3.05, 3.63) is 11.8 Å². The minimum absolute atomic E-state index is 0.488. The summed E-state index contributed by atoms with van der Waals surface area (Å²) in [4.78, 5) is 19.4. The van der Waals surface area contributed by atoms with Gasteiger partial charge in [0.15, 0.2) is 11.4 Å². The van der Waals surface area contributed by atoms with Crippen LogP contribution in [0.25, 0.3) is 0 Å². The molecule has 1 N–H and O–H groups in total. The van der Waals surface area contributed by atoms with Crippen molar-refractivity contribution in [1.82, 2.24) is 9.97 Å². The summed E-state index contributed by atoms with van der Waals surface area (Å²) in [6.07, 6.45) is 8.21. The summed E-state index contributed by atoms with van der Waals surface area (Å²) < 4.78 is 0. The lowest BCUT2D eigenvalue weighted by molar-refractivity contribution is 0.112. The molecule has 1 aromatic rings. The van der Waals surface area contributed by atoms with Crippen LogP contribution in [0.15, 0.2) is 11.4 Å². The molecular formula is C12H15N3OS. The third-order valence-corrected chi connectivity index (χ3v) is 4.25. The average Bonchev–Trinajstić information content (AvgIpc) is 2.97. The van der Waals surface area contributed by atoms with E-state index in [1.165, 1.54) is 31.0 Å². The molecule has 0 saturated heterocycles. The molecule has 2 fully saturated rings. The fraction of sp³-hybridized carbons (Fsp3) is 0.583. The van der Waals surface area contributed by atoms with Gasteiger partial charge in [-0.2, -0.15) is 0 Å². The standard InChI is InChI=1S/C12H15N3OS/c1-17-12-13-5-9(6-16)11(15-12)14-10-3-7-2-8(7)4-10/h5-8,10H,2-4H2,1H3,(H,13,14,15). The summed E-state index contributed by atoms with van der Waals surface area (Å²) in [5.74, 6) is 2.55. The van der Waals surface area contributed by atoms with Crippen LogP contribution in [0.4, 0.5) is 5.82 Å². The van der Waals surface area contributed by atoms with E-state index in [1.807, 2.05) is 6.26 Å². The quantitative estimate of drug-likeness (QED) is 0.504. The summed E-state index contributed by atoms with van der Waals surface area (Å²) in [6, 6.07) is 0.488. The predicted molar refractivity (Wildman–Crippen MR) is 67.4 cm³/mol. The number of rotatable bonds is 4. The fourth-order valence-electron chi connectivity index (χ4n) is 2.70. The summed E-state index contributed by atoms with van der Waals surface area (Å²) in [5, 5.41) is 4.11. The van der Waals surface area contributed by atoms with E-state index in [4.69, 9.17) is 0 Å². The molecule has 2 aliphatic carbocycles. The highest BCUT2D eigenvalue weighted by Gasteiger charge is 2.45. The molecule has 0 aromatic carbocycles. The molecule has 0 radical (unpaired) electrons. The van der Waals surface area contributed by atoms with Crippen molar-refractivity contribution in [2.45, 2.75) is 30.5 Å². The Morgan fingerprint density at radius 3 is 2.82 bits per heavy atom. The first-order valence-corrected chi connectivity index (χ1v) is 7.15. The second-order valence-corrected chi connectivity index (χ2v) is 5.62. The molecule has 2 aliphatic rings. The smallest absolute Gasteiger partial charge is 0.189 e. The SMILES string of the molecule is CSc1ncc(C=O)c(NC2CC3CC3C2)n1. The first-order chi connectivity index (χ1) is 8.30. The third kappa shape index (κ3) is 2.16. The number of anilines is 1. The van der Waals surface area contributed by atoms with Crippen molar-refractivity contribution in [1.29, 1.82) is 0 Å². The first kappa shape index (κ1) is 11.0. The molecular weight excluding hydrogens is 234 g/mol. The molecule has 5 heteroatoms. The molecule has 2 saturated carbocycles. The second kappa shape index (κ2) is 4.29. The molecule has 0 bridgehead atoms. The lowest BCUT2D eigenvalue weighted by Gasteiger charge is -2.16. The van der Waals surface area contributed by atoms with Crippen LogP contribution in [0.5, 0.6) is 0 Å². The van der Waals surface area contributed by atoms with E-state index >= 15 is 0 Å². The van der Waals surface area contributed by atoms with E-state index in [0.717, 1.165) is 18.1 Å². The Kier molecular flexibility index (Phi) is 2.78. The first-order valence-electron chi connectivity index (χ1n) is 5.93. The number of nitrogens with one attached hydrogen (secondary N) is 1. The number of hydrogen-bond acceptors (Lipinski definition) is 5. The second-order valence-electron chi connectivity index (χ2n) is 4.85. The predicted octanol–water partition coefficient (Wildman–Crippen LogP) is 2.22. The van der Waals surface area contributed by atoms with E-state index in [9.17, 15) is 4.79 Å². The Morgan fingerprint density at radius 1 is 1.41 bits per heavy atom. The van der Waals surface area contributed by atoms with E-state index in [-0.39, 0.29) is 0 Å². The molecule has 2 unspecified atom stereocenters. The number of nitrogens with zero attached hydrogens (tertiary/aromatic N) is 2. The fourth-order valence-corrected chi connectivity index (χ4v) is 3.04. The summed E-state index contributed by atoms with van der Waals surface area (Å²) in [7, 11) is 0. The molecule has 0 aliphatic heterocycles. The number of aldehydes is 1. The Balaban J connectivity index is 1.77. The zero-order chi connectivity index (χ0) is 11.8. The van der Waals surface area contributed by atoms with Gasteiger partial charge in [-0.3, -0.25) is 4.79 Å². The van der Waals surface area contributed by atoms with E-state index in [2.05, 4.69) is 15.3 Å². The monoisotopic (exact) mass is 249 g/mol. The zero-order valence-electron chi connectivity index (χ0n) is 9.72. The Labute approximate surface area is 105 Å². The maximum atomic E-state index is 10.9. The van der Waals surface area contributed by atoms with E-state index in [1.54, 1.807) is 6.20 Å². The van der Waals surface area contributed by atoms with E-state index in [0.29, 0.717) is 22.6 Å². The van der Waals surface area contributed by atoms with Gasteiger partial charge >= 0.3 is 0 Å². The number of carbonyl (C=O) groups excluding carboxylic acids is 1. The van der Waals surface area contributed by atoms with Crippen LogP contribution in [0, 0.1) is 11.8 Å². The van der Waals surface area contributed by atoms with Crippen molar-refractivity contribution in [3.8, 4) is 0 Å². The average molecular weight is 249 g/mol. The molecule has 1 aromatic heterocycles. The molecule has 1 heterocycles. The molecule has 90 valence electrons. The highest BCUT2D eigenvalue weighted by Crippen LogP contribution is 2.52. The number of aromatic nitrogens is 2. The highest BCUT2D eigenvalue weighted by atomic mass is 32.2. The molecule has 3 rings (SSSR count). The van der Waals surface area contributed by atoms with Crippen LogP contribution in [-0.4, -0.2) is 28.6 Å². The minimum atomic E-state index is 0.488. The molecule has 2 atom stereocenters. The lowest BCUT2D eigenvalue weighted by Crippen LogP contribution is -2.19. The van der Waals surface area contributed by atoms with Gasteiger partial charge in [0.05, 0.1) is 5.56 Å². The number of fused-ring (bicyclic) bond motifs is 1. The maximum absolute atomic E-state index is 10.9. The maximum Gasteiger partial charge on any atom is 0.189 e. The molecule has 0 spiro atoms. The molecule has 17 heavy (non-hydrogen) atoms.